The molecule has 0 aliphatic carbocycles. The minimum absolute atomic E-state index is 0.506. The lowest BCUT2D eigenvalue weighted by molar-refractivity contribution is 0.352. The Labute approximate surface area is 112 Å². The standard InChI is InChI=1S/C14H18ClN3/c1-3-17-8-6-11(9-17)14-16-13(15)12-10(2)5-4-7-18(12)14/h4-5,7,11H,3,6,8-9H2,1-2H3. The van der Waals surface area contributed by atoms with Crippen molar-refractivity contribution >= 4 is 17.1 Å². The van der Waals surface area contributed by atoms with Gasteiger partial charge in [0.1, 0.15) is 5.82 Å². The summed E-state index contributed by atoms with van der Waals surface area (Å²) >= 11 is 6.29. The fourth-order valence-corrected chi connectivity index (χ4v) is 3.22. The van der Waals surface area contributed by atoms with Crippen LogP contribution in [0.1, 0.15) is 30.7 Å². The summed E-state index contributed by atoms with van der Waals surface area (Å²) < 4.78 is 2.17. The number of likely N-dealkylation sites (N-methyl/N-ethyl adjacent to an activating group) is 1. The maximum absolute atomic E-state index is 6.29. The van der Waals surface area contributed by atoms with E-state index in [4.69, 9.17) is 11.6 Å². The van der Waals surface area contributed by atoms with Crippen LogP contribution in [0.15, 0.2) is 18.3 Å². The van der Waals surface area contributed by atoms with Crippen LogP contribution in [0.2, 0.25) is 5.15 Å². The summed E-state index contributed by atoms with van der Waals surface area (Å²) in [7, 11) is 0. The monoisotopic (exact) mass is 263 g/mol. The number of hydrogen-bond acceptors (Lipinski definition) is 2. The summed E-state index contributed by atoms with van der Waals surface area (Å²) in [5, 5.41) is 0.637. The molecule has 1 aliphatic heterocycles. The Morgan fingerprint density at radius 3 is 3.06 bits per heavy atom. The number of likely N-dealkylation sites (tertiary alicyclic amines) is 1. The smallest absolute Gasteiger partial charge is 0.155 e. The molecule has 2 aromatic rings. The molecule has 1 unspecified atom stereocenters. The molecule has 18 heavy (non-hydrogen) atoms. The van der Waals surface area contributed by atoms with E-state index in [2.05, 4.69) is 46.5 Å². The first-order chi connectivity index (χ1) is 8.70. The Kier molecular flexibility index (Phi) is 3.04. The van der Waals surface area contributed by atoms with E-state index in [1.54, 1.807) is 0 Å². The highest BCUT2D eigenvalue weighted by Gasteiger charge is 2.27. The van der Waals surface area contributed by atoms with Crippen LogP contribution in [0.25, 0.3) is 5.52 Å². The molecule has 3 heterocycles. The van der Waals surface area contributed by atoms with Crippen LogP contribution < -0.4 is 0 Å². The van der Waals surface area contributed by atoms with E-state index in [1.807, 2.05) is 0 Å². The average Bonchev–Trinajstić information content (AvgIpc) is 2.94. The largest absolute Gasteiger partial charge is 0.303 e. The normalized spacial score (nSPS) is 20.9. The number of fused-ring (bicyclic) bond motifs is 1. The quantitative estimate of drug-likeness (QED) is 0.830. The van der Waals surface area contributed by atoms with Crippen molar-refractivity contribution in [2.24, 2.45) is 0 Å². The topological polar surface area (TPSA) is 20.5 Å². The van der Waals surface area contributed by atoms with Gasteiger partial charge in [0.25, 0.3) is 0 Å². The lowest BCUT2D eigenvalue weighted by Gasteiger charge is -2.12. The van der Waals surface area contributed by atoms with Crippen LogP contribution in [-0.4, -0.2) is 33.9 Å². The molecule has 0 N–H and O–H groups in total. The molecule has 0 aromatic carbocycles. The molecule has 0 amide bonds. The molecule has 1 fully saturated rings. The number of nitrogens with zero attached hydrogens (tertiary/aromatic N) is 3. The van der Waals surface area contributed by atoms with Gasteiger partial charge in [0, 0.05) is 18.7 Å². The van der Waals surface area contributed by atoms with E-state index in [0.29, 0.717) is 11.1 Å². The van der Waals surface area contributed by atoms with Crippen LogP contribution in [0.4, 0.5) is 0 Å². The van der Waals surface area contributed by atoms with Crippen molar-refractivity contribution in [3.05, 3.63) is 34.9 Å². The van der Waals surface area contributed by atoms with Crippen molar-refractivity contribution in [1.29, 1.82) is 0 Å². The zero-order valence-electron chi connectivity index (χ0n) is 10.9. The Bertz CT molecular complexity index is 576. The van der Waals surface area contributed by atoms with Crippen LogP contribution in [0.5, 0.6) is 0 Å². The number of pyridine rings is 1. The van der Waals surface area contributed by atoms with Crippen molar-refractivity contribution in [2.45, 2.75) is 26.2 Å². The second-order valence-corrected chi connectivity index (χ2v) is 5.41. The predicted octanol–water partition coefficient (Wildman–Crippen LogP) is 3.11. The zero-order valence-corrected chi connectivity index (χ0v) is 11.6. The van der Waals surface area contributed by atoms with E-state index < -0.39 is 0 Å². The molecular weight excluding hydrogens is 246 g/mol. The van der Waals surface area contributed by atoms with Crippen LogP contribution in [0.3, 0.4) is 0 Å². The maximum atomic E-state index is 6.29. The Morgan fingerprint density at radius 2 is 2.33 bits per heavy atom. The predicted molar refractivity (Wildman–Crippen MR) is 74.4 cm³/mol. The van der Waals surface area contributed by atoms with E-state index in [9.17, 15) is 0 Å². The second-order valence-electron chi connectivity index (χ2n) is 5.05. The highest BCUT2D eigenvalue weighted by atomic mass is 35.5. The maximum Gasteiger partial charge on any atom is 0.155 e. The summed E-state index contributed by atoms with van der Waals surface area (Å²) in [5.41, 5.74) is 2.25. The summed E-state index contributed by atoms with van der Waals surface area (Å²) in [4.78, 5) is 7.07. The minimum atomic E-state index is 0.506. The van der Waals surface area contributed by atoms with Gasteiger partial charge in [-0.1, -0.05) is 24.6 Å². The van der Waals surface area contributed by atoms with E-state index in [0.717, 1.165) is 24.4 Å². The summed E-state index contributed by atoms with van der Waals surface area (Å²) in [6.45, 7) is 7.68. The third-order valence-corrected chi connectivity index (χ3v) is 4.20. The number of hydrogen-bond donors (Lipinski definition) is 0. The highest BCUT2D eigenvalue weighted by Crippen LogP contribution is 2.30. The minimum Gasteiger partial charge on any atom is -0.303 e. The number of halogens is 1. The van der Waals surface area contributed by atoms with Gasteiger partial charge in [0.05, 0.1) is 5.52 Å². The SMILES string of the molecule is CCN1CCC(c2nc(Cl)c3c(C)cccn23)C1. The van der Waals surface area contributed by atoms with Gasteiger partial charge in [0.2, 0.25) is 0 Å². The molecule has 1 saturated heterocycles. The molecule has 96 valence electrons. The van der Waals surface area contributed by atoms with Crippen molar-refractivity contribution in [3.63, 3.8) is 0 Å². The average molecular weight is 264 g/mol. The van der Waals surface area contributed by atoms with E-state index in [1.165, 1.54) is 18.5 Å². The van der Waals surface area contributed by atoms with Crippen LogP contribution in [0, 0.1) is 6.92 Å². The molecule has 0 spiro atoms. The fraction of sp³-hybridized carbons (Fsp3) is 0.500. The fourth-order valence-electron chi connectivity index (χ4n) is 2.90. The third-order valence-electron chi connectivity index (χ3n) is 3.94. The molecule has 0 bridgehead atoms. The van der Waals surface area contributed by atoms with Crippen molar-refractivity contribution in [2.75, 3.05) is 19.6 Å². The van der Waals surface area contributed by atoms with E-state index >= 15 is 0 Å². The highest BCUT2D eigenvalue weighted by molar-refractivity contribution is 6.32. The van der Waals surface area contributed by atoms with Gasteiger partial charge in [-0.15, -0.1) is 0 Å². The van der Waals surface area contributed by atoms with Crippen molar-refractivity contribution < 1.29 is 0 Å². The van der Waals surface area contributed by atoms with Gasteiger partial charge in [-0.25, -0.2) is 4.98 Å². The zero-order chi connectivity index (χ0) is 12.7. The van der Waals surface area contributed by atoms with Gasteiger partial charge in [-0.3, -0.25) is 0 Å². The Balaban J connectivity index is 2.06. The first-order valence-electron chi connectivity index (χ1n) is 6.56. The van der Waals surface area contributed by atoms with Gasteiger partial charge in [-0.2, -0.15) is 0 Å². The molecule has 3 nitrogen and oxygen atoms in total. The second kappa shape index (κ2) is 4.56. The summed E-state index contributed by atoms with van der Waals surface area (Å²) in [6.07, 6.45) is 3.25. The first-order valence-corrected chi connectivity index (χ1v) is 6.94. The number of rotatable bonds is 2. The van der Waals surface area contributed by atoms with Gasteiger partial charge < -0.3 is 9.30 Å². The summed E-state index contributed by atoms with van der Waals surface area (Å²) in [6, 6.07) is 4.15. The van der Waals surface area contributed by atoms with Crippen LogP contribution in [-0.2, 0) is 0 Å². The molecule has 4 heteroatoms. The molecule has 1 aliphatic rings. The van der Waals surface area contributed by atoms with Crippen molar-refractivity contribution in [1.82, 2.24) is 14.3 Å². The number of imidazole rings is 1. The number of aromatic nitrogens is 2. The lowest BCUT2D eigenvalue weighted by atomic mass is 10.1. The molecule has 1 atom stereocenters. The lowest BCUT2D eigenvalue weighted by Crippen LogP contribution is -2.19. The first kappa shape index (κ1) is 12.0. The molecular formula is C14H18ClN3. The van der Waals surface area contributed by atoms with Gasteiger partial charge in [0.15, 0.2) is 5.15 Å². The van der Waals surface area contributed by atoms with Gasteiger partial charge in [-0.05, 0) is 38.1 Å². The number of aryl methyl sites for hydroxylation is 1. The Morgan fingerprint density at radius 1 is 1.50 bits per heavy atom. The molecule has 0 saturated carbocycles. The Hall–Kier alpha value is -1.06. The third kappa shape index (κ3) is 1.82. The summed E-state index contributed by atoms with van der Waals surface area (Å²) in [5.74, 6) is 1.63. The van der Waals surface area contributed by atoms with Gasteiger partial charge >= 0.3 is 0 Å². The van der Waals surface area contributed by atoms with Crippen molar-refractivity contribution in [3.8, 4) is 0 Å². The molecule has 0 radical (unpaired) electrons. The molecule has 3 rings (SSSR count). The molecule has 2 aromatic heterocycles. The van der Waals surface area contributed by atoms with E-state index in [-0.39, 0.29) is 0 Å². The van der Waals surface area contributed by atoms with Crippen LogP contribution >= 0.6 is 11.6 Å².